The van der Waals surface area contributed by atoms with E-state index in [0.717, 1.165) is 11.5 Å². The van der Waals surface area contributed by atoms with Gasteiger partial charge in [-0.1, -0.05) is 12.1 Å². The molecule has 0 amide bonds. The van der Waals surface area contributed by atoms with E-state index < -0.39 is 0 Å². The minimum absolute atomic E-state index is 0. The lowest BCUT2D eigenvalue weighted by Gasteiger charge is -2.15. The molecule has 0 saturated heterocycles. The van der Waals surface area contributed by atoms with Crippen LogP contribution in [0.25, 0.3) is 11.0 Å². The lowest BCUT2D eigenvalue weighted by Crippen LogP contribution is -3.00. The summed E-state index contributed by atoms with van der Waals surface area (Å²) in [5.74, 6) is 1.05. The summed E-state index contributed by atoms with van der Waals surface area (Å²) < 4.78 is 2.14. The van der Waals surface area contributed by atoms with Crippen molar-refractivity contribution in [1.82, 2.24) is 4.98 Å². The van der Waals surface area contributed by atoms with Gasteiger partial charge in [-0.2, -0.15) is 0 Å². The fourth-order valence-corrected chi connectivity index (χ4v) is 1.67. The molecule has 3 nitrogen and oxygen atoms in total. The van der Waals surface area contributed by atoms with Crippen molar-refractivity contribution in [1.29, 1.82) is 0 Å². The van der Waals surface area contributed by atoms with Crippen LogP contribution in [0.15, 0.2) is 24.3 Å². The van der Waals surface area contributed by atoms with E-state index >= 15 is 0 Å². The molecular formula is C12H18ClN3. The minimum Gasteiger partial charge on any atom is -1.00 e. The van der Waals surface area contributed by atoms with E-state index in [-0.39, 0.29) is 17.9 Å². The molecule has 0 aliphatic heterocycles. The lowest BCUT2D eigenvalue weighted by molar-refractivity contribution is -0.630. The zero-order valence-electron chi connectivity index (χ0n) is 10.1. The quantitative estimate of drug-likeness (QED) is 0.628. The van der Waals surface area contributed by atoms with Crippen LogP contribution in [0.1, 0.15) is 20.8 Å². The molecule has 0 unspecified atom stereocenters. The van der Waals surface area contributed by atoms with Crippen molar-refractivity contribution in [2.45, 2.75) is 26.3 Å². The molecule has 1 heterocycles. The Morgan fingerprint density at radius 3 is 2.38 bits per heavy atom. The van der Waals surface area contributed by atoms with E-state index in [0.29, 0.717) is 0 Å². The van der Waals surface area contributed by atoms with E-state index in [2.05, 4.69) is 60.9 Å². The highest BCUT2D eigenvalue weighted by Crippen LogP contribution is 2.14. The number of anilines is 1. The number of aromatic nitrogens is 2. The number of fused-ring (bicyclic) bond motifs is 1. The molecule has 4 heteroatoms. The van der Waals surface area contributed by atoms with Gasteiger partial charge in [0.25, 0.3) is 0 Å². The first-order valence-corrected chi connectivity index (χ1v) is 5.22. The predicted octanol–water partition coefficient (Wildman–Crippen LogP) is -0.793. The second kappa shape index (κ2) is 4.34. The first kappa shape index (κ1) is 12.8. The molecule has 1 aromatic carbocycles. The maximum absolute atomic E-state index is 3.45. The molecule has 0 radical (unpaired) electrons. The number of halogens is 1. The van der Waals surface area contributed by atoms with Crippen LogP contribution in [0.5, 0.6) is 0 Å². The molecule has 0 bridgehead atoms. The molecule has 0 aliphatic rings. The number of nitrogens with zero attached hydrogens (tertiary/aromatic N) is 1. The summed E-state index contributed by atoms with van der Waals surface area (Å²) in [7, 11) is 2.06. The van der Waals surface area contributed by atoms with Crippen LogP contribution in [0, 0.1) is 0 Å². The van der Waals surface area contributed by atoms with Crippen LogP contribution in [0.2, 0.25) is 0 Å². The van der Waals surface area contributed by atoms with Crippen molar-refractivity contribution in [2.24, 2.45) is 7.05 Å². The Bertz CT molecular complexity index is 482. The molecule has 0 spiro atoms. The number of aromatic amines is 1. The van der Waals surface area contributed by atoms with Crippen LogP contribution in [0.4, 0.5) is 5.95 Å². The van der Waals surface area contributed by atoms with Gasteiger partial charge in [0, 0.05) is 0 Å². The predicted molar refractivity (Wildman–Crippen MR) is 62.9 cm³/mol. The molecule has 88 valence electrons. The molecule has 1 aromatic heterocycles. The normalized spacial score (nSPS) is 11.2. The summed E-state index contributed by atoms with van der Waals surface area (Å²) in [6.07, 6.45) is 0. The number of para-hydroxylation sites is 2. The molecule has 0 fully saturated rings. The standard InChI is InChI=1S/C12H17N3.ClH/c1-12(2,3)14-11-13-9-7-5-6-8-10(9)15(11)4;/h5-8H,1-4H3,(H,13,14);1H. The van der Waals surface area contributed by atoms with Crippen molar-refractivity contribution in [3.05, 3.63) is 24.3 Å². The average molecular weight is 240 g/mol. The highest BCUT2D eigenvalue weighted by Gasteiger charge is 2.20. The van der Waals surface area contributed by atoms with E-state index in [4.69, 9.17) is 0 Å². The Morgan fingerprint density at radius 1 is 1.19 bits per heavy atom. The lowest BCUT2D eigenvalue weighted by atomic mass is 10.1. The molecule has 0 saturated carbocycles. The van der Waals surface area contributed by atoms with Gasteiger partial charge in [-0.15, -0.1) is 0 Å². The average Bonchev–Trinajstić information content (AvgIpc) is 2.42. The molecule has 16 heavy (non-hydrogen) atoms. The molecule has 0 aliphatic carbocycles. The molecule has 2 aromatic rings. The van der Waals surface area contributed by atoms with Crippen molar-refractivity contribution in [3.8, 4) is 0 Å². The fourth-order valence-electron chi connectivity index (χ4n) is 1.67. The SMILES string of the molecule is C[n+]1c(NC(C)(C)C)[nH]c2ccccc21.[Cl-]. The van der Waals surface area contributed by atoms with E-state index in [1.165, 1.54) is 5.52 Å². The summed E-state index contributed by atoms with van der Waals surface area (Å²) in [6, 6.07) is 8.29. The van der Waals surface area contributed by atoms with Gasteiger partial charge in [0.05, 0.1) is 12.6 Å². The van der Waals surface area contributed by atoms with Crippen LogP contribution < -0.4 is 22.3 Å². The number of rotatable bonds is 1. The number of hydrogen-bond acceptors (Lipinski definition) is 1. The van der Waals surface area contributed by atoms with E-state index in [1.807, 2.05) is 6.07 Å². The highest BCUT2D eigenvalue weighted by atomic mass is 35.5. The van der Waals surface area contributed by atoms with Gasteiger partial charge < -0.3 is 12.4 Å². The third-order valence-electron chi connectivity index (χ3n) is 2.35. The maximum Gasteiger partial charge on any atom is 0.356 e. The van der Waals surface area contributed by atoms with Gasteiger partial charge in [0.2, 0.25) is 0 Å². The largest absolute Gasteiger partial charge is 1.00 e. The summed E-state index contributed by atoms with van der Waals surface area (Å²) >= 11 is 0. The van der Waals surface area contributed by atoms with Crippen LogP contribution in [-0.2, 0) is 7.05 Å². The number of imidazole rings is 1. The maximum atomic E-state index is 3.45. The molecular weight excluding hydrogens is 222 g/mol. The van der Waals surface area contributed by atoms with Crippen molar-refractivity contribution in [2.75, 3.05) is 5.32 Å². The number of benzene rings is 1. The molecule has 2 rings (SSSR count). The Labute approximate surface area is 102 Å². The van der Waals surface area contributed by atoms with Crippen molar-refractivity contribution >= 4 is 17.0 Å². The second-order valence-electron chi connectivity index (χ2n) is 4.92. The van der Waals surface area contributed by atoms with E-state index in [1.54, 1.807) is 0 Å². The van der Waals surface area contributed by atoms with Gasteiger partial charge in [-0.05, 0) is 32.9 Å². The monoisotopic (exact) mass is 239 g/mol. The van der Waals surface area contributed by atoms with Gasteiger partial charge in [0.15, 0.2) is 0 Å². The first-order valence-electron chi connectivity index (χ1n) is 5.22. The summed E-state index contributed by atoms with van der Waals surface area (Å²) in [4.78, 5) is 3.37. The number of aryl methyl sites for hydroxylation is 1. The van der Waals surface area contributed by atoms with Crippen LogP contribution in [0.3, 0.4) is 0 Å². The summed E-state index contributed by atoms with van der Waals surface area (Å²) in [6.45, 7) is 6.45. The van der Waals surface area contributed by atoms with Gasteiger partial charge >= 0.3 is 5.95 Å². The third-order valence-corrected chi connectivity index (χ3v) is 2.35. The van der Waals surface area contributed by atoms with Crippen LogP contribution >= 0.6 is 0 Å². The molecule has 0 atom stereocenters. The van der Waals surface area contributed by atoms with Crippen molar-refractivity contribution < 1.29 is 17.0 Å². The number of nitrogens with one attached hydrogen (secondary N) is 2. The number of hydrogen-bond donors (Lipinski definition) is 2. The first-order chi connectivity index (χ1) is 6.97. The topological polar surface area (TPSA) is 31.7 Å². The summed E-state index contributed by atoms with van der Waals surface area (Å²) in [5.41, 5.74) is 2.44. The Morgan fingerprint density at radius 2 is 1.81 bits per heavy atom. The Balaban J connectivity index is 0.00000128. The van der Waals surface area contributed by atoms with Gasteiger partial charge in [-0.25, -0.2) is 9.55 Å². The highest BCUT2D eigenvalue weighted by molar-refractivity contribution is 5.72. The zero-order valence-corrected chi connectivity index (χ0v) is 10.9. The Kier molecular flexibility index (Phi) is 3.48. The minimum atomic E-state index is 0. The molecule has 2 N–H and O–H groups in total. The third kappa shape index (κ3) is 2.47. The van der Waals surface area contributed by atoms with Gasteiger partial charge in [-0.3, -0.25) is 5.32 Å². The zero-order chi connectivity index (χ0) is 11.1. The Hall–Kier alpha value is -1.22. The van der Waals surface area contributed by atoms with Gasteiger partial charge in [0.1, 0.15) is 11.0 Å². The smallest absolute Gasteiger partial charge is 0.356 e. The second-order valence-corrected chi connectivity index (χ2v) is 4.92. The number of H-pyrrole nitrogens is 1. The summed E-state index contributed by atoms with van der Waals surface area (Å²) in [5, 5.41) is 3.45. The fraction of sp³-hybridized carbons (Fsp3) is 0.417. The van der Waals surface area contributed by atoms with E-state index in [9.17, 15) is 0 Å². The van der Waals surface area contributed by atoms with Crippen LogP contribution in [-0.4, -0.2) is 10.5 Å². The van der Waals surface area contributed by atoms with Crippen molar-refractivity contribution in [3.63, 3.8) is 0 Å².